The fourth-order valence-corrected chi connectivity index (χ4v) is 5.02. The van der Waals surface area contributed by atoms with E-state index < -0.39 is 0 Å². The molecular weight excluding hydrogens is 457 g/mol. The molecule has 0 saturated carbocycles. The average Bonchev–Trinajstić information content (AvgIpc) is 3.31. The van der Waals surface area contributed by atoms with Gasteiger partial charge in [-0.1, -0.05) is 19.1 Å². The van der Waals surface area contributed by atoms with Crippen LogP contribution in [0.1, 0.15) is 35.8 Å². The molecule has 1 aromatic heterocycles. The minimum absolute atomic E-state index is 0. The normalized spacial score (nSPS) is 16.6. The molecule has 5 rings (SSSR count). The number of anilines is 1. The molecule has 6 nitrogen and oxygen atoms in total. The van der Waals surface area contributed by atoms with Crippen LogP contribution in [0.5, 0.6) is 11.5 Å². The van der Waals surface area contributed by atoms with Crippen molar-refractivity contribution in [2.45, 2.75) is 26.3 Å². The second-order valence-corrected chi connectivity index (χ2v) is 9.12. The number of halogens is 2. The first kappa shape index (κ1) is 24.4. The van der Waals surface area contributed by atoms with Crippen molar-refractivity contribution in [1.82, 2.24) is 9.47 Å². The molecule has 1 amide bonds. The molecule has 0 unspecified atom stereocenters. The molecule has 182 valence electrons. The summed E-state index contributed by atoms with van der Waals surface area (Å²) < 4.78 is 27.8. The van der Waals surface area contributed by atoms with Crippen LogP contribution >= 0.6 is 12.4 Å². The van der Waals surface area contributed by atoms with Crippen LogP contribution in [-0.2, 0) is 13.6 Å². The summed E-state index contributed by atoms with van der Waals surface area (Å²) in [6.07, 6.45) is 2.46. The van der Waals surface area contributed by atoms with Crippen LogP contribution in [0.3, 0.4) is 0 Å². The standard InChI is InChI=1S/C26H30FN3O3.ClH/c1-17-9-11-29(12-10-17)13-14-33-23-15-18(7-8-22(23)32-3)30-16-21-24(26(30)31)19-5-4-6-20(27)25(19)28(21)2;/h4-8,15,17H,9-14,16H2,1-3H3;1H. The minimum Gasteiger partial charge on any atom is -0.493 e. The average molecular weight is 488 g/mol. The maximum atomic E-state index is 14.4. The number of benzene rings is 2. The molecule has 8 heteroatoms. The molecule has 0 aliphatic carbocycles. The van der Waals surface area contributed by atoms with Gasteiger partial charge in [0, 0.05) is 30.7 Å². The van der Waals surface area contributed by atoms with Gasteiger partial charge in [0.1, 0.15) is 12.4 Å². The number of methoxy groups -OCH3 is 1. The van der Waals surface area contributed by atoms with E-state index in [9.17, 15) is 9.18 Å². The van der Waals surface area contributed by atoms with Crippen molar-refractivity contribution >= 4 is 34.9 Å². The predicted molar refractivity (Wildman–Crippen MR) is 134 cm³/mol. The number of fused-ring (bicyclic) bond motifs is 3. The van der Waals surface area contributed by atoms with Crippen LogP contribution in [-0.4, -0.2) is 48.7 Å². The van der Waals surface area contributed by atoms with Crippen LogP contribution < -0.4 is 14.4 Å². The van der Waals surface area contributed by atoms with Crippen molar-refractivity contribution in [2.75, 3.05) is 38.3 Å². The number of hydrogen-bond acceptors (Lipinski definition) is 4. The number of amides is 1. The molecular formula is C26H31ClFN3O3. The number of piperidine rings is 1. The lowest BCUT2D eigenvalue weighted by molar-refractivity contribution is 0.0998. The van der Waals surface area contributed by atoms with Crippen LogP contribution in [0.2, 0.25) is 0 Å². The summed E-state index contributed by atoms with van der Waals surface area (Å²) >= 11 is 0. The van der Waals surface area contributed by atoms with Gasteiger partial charge in [-0.3, -0.25) is 9.69 Å². The second kappa shape index (κ2) is 9.84. The molecule has 2 aliphatic heterocycles. The zero-order valence-electron chi connectivity index (χ0n) is 19.8. The van der Waals surface area contributed by atoms with Crippen molar-refractivity contribution in [2.24, 2.45) is 13.0 Å². The highest BCUT2D eigenvalue weighted by atomic mass is 35.5. The summed E-state index contributed by atoms with van der Waals surface area (Å²) in [4.78, 5) is 17.5. The van der Waals surface area contributed by atoms with Gasteiger partial charge in [0.15, 0.2) is 11.5 Å². The Labute approximate surface area is 205 Å². The minimum atomic E-state index is -0.313. The maximum Gasteiger partial charge on any atom is 0.261 e. The first-order chi connectivity index (χ1) is 16.0. The number of aromatic nitrogens is 1. The van der Waals surface area contributed by atoms with Crippen molar-refractivity contribution < 1.29 is 18.7 Å². The number of ether oxygens (including phenoxy) is 2. The molecule has 2 aliphatic rings. The van der Waals surface area contributed by atoms with Crippen molar-refractivity contribution in [3.63, 3.8) is 0 Å². The number of carbonyl (C=O) groups is 1. The van der Waals surface area contributed by atoms with Crippen molar-refractivity contribution in [3.8, 4) is 11.5 Å². The van der Waals surface area contributed by atoms with Gasteiger partial charge in [-0.15, -0.1) is 12.4 Å². The number of likely N-dealkylation sites (tertiary alicyclic amines) is 1. The van der Waals surface area contributed by atoms with E-state index in [-0.39, 0.29) is 24.1 Å². The van der Waals surface area contributed by atoms with E-state index in [2.05, 4.69) is 11.8 Å². The highest BCUT2D eigenvalue weighted by Gasteiger charge is 2.35. The van der Waals surface area contributed by atoms with E-state index in [1.807, 2.05) is 31.3 Å². The van der Waals surface area contributed by atoms with Crippen LogP contribution in [0.25, 0.3) is 10.9 Å². The number of para-hydroxylation sites is 1. The van der Waals surface area contributed by atoms with Crippen molar-refractivity contribution in [3.05, 3.63) is 53.5 Å². The Hall–Kier alpha value is -2.77. The molecule has 2 aromatic carbocycles. The predicted octanol–water partition coefficient (Wildman–Crippen LogP) is 5.02. The van der Waals surface area contributed by atoms with Gasteiger partial charge in [-0.25, -0.2) is 4.39 Å². The summed E-state index contributed by atoms with van der Waals surface area (Å²) in [7, 11) is 3.43. The first-order valence-electron chi connectivity index (χ1n) is 11.6. The smallest absolute Gasteiger partial charge is 0.261 e. The summed E-state index contributed by atoms with van der Waals surface area (Å²) in [6.45, 7) is 6.34. The Bertz CT molecular complexity index is 1200. The lowest BCUT2D eigenvalue weighted by atomic mass is 9.99. The third-order valence-electron chi connectivity index (χ3n) is 7.05. The Morgan fingerprint density at radius 3 is 2.62 bits per heavy atom. The van der Waals surface area contributed by atoms with Crippen molar-refractivity contribution in [1.29, 1.82) is 0 Å². The number of carbonyl (C=O) groups excluding carboxylic acids is 1. The largest absolute Gasteiger partial charge is 0.493 e. The Morgan fingerprint density at radius 2 is 1.88 bits per heavy atom. The molecule has 0 spiro atoms. The fraction of sp³-hybridized carbons (Fsp3) is 0.423. The van der Waals surface area contributed by atoms with E-state index >= 15 is 0 Å². The van der Waals surface area contributed by atoms with E-state index in [0.29, 0.717) is 41.1 Å². The van der Waals surface area contributed by atoms with Gasteiger partial charge < -0.3 is 18.9 Å². The zero-order valence-corrected chi connectivity index (χ0v) is 20.7. The third-order valence-corrected chi connectivity index (χ3v) is 7.05. The SMILES string of the molecule is COc1ccc(N2Cc3c(c4cccc(F)c4n3C)C2=O)cc1OCCN1CCC(C)CC1.Cl. The third kappa shape index (κ3) is 4.23. The summed E-state index contributed by atoms with van der Waals surface area (Å²) in [5.41, 5.74) is 2.60. The van der Waals surface area contributed by atoms with E-state index in [1.54, 1.807) is 22.6 Å². The molecule has 0 bridgehead atoms. The quantitative estimate of drug-likeness (QED) is 0.490. The summed E-state index contributed by atoms with van der Waals surface area (Å²) in [5, 5.41) is 0.654. The Morgan fingerprint density at radius 1 is 1.12 bits per heavy atom. The highest BCUT2D eigenvalue weighted by Crippen LogP contribution is 2.39. The van der Waals surface area contributed by atoms with Gasteiger partial charge in [-0.05, 0) is 50.0 Å². The lowest BCUT2D eigenvalue weighted by Crippen LogP contribution is -2.35. The number of hydrogen-bond donors (Lipinski definition) is 0. The Balaban J connectivity index is 0.00000274. The van der Waals surface area contributed by atoms with Gasteiger partial charge >= 0.3 is 0 Å². The molecule has 1 fully saturated rings. The highest BCUT2D eigenvalue weighted by molar-refractivity contribution is 6.18. The van der Waals surface area contributed by atoms with Crippen LogP contribution in [0.15, 0.2) is 36.4 Å². The van der Waals surface area contributed by atoms with Gasteiger partial charge in [0.2, 0.25) is 0 Å². The summed E-state index contributed by atoms with van der Waals surface area (Å²) in [6, 6.07) is 10.4. The zero-order chi connectivity index (χ0) is 23.1. The number of rotatable bonds is 6. The van der Waals surface area contributed by atoms with Crippen LogP contribution in [0, 0.1) is 11.7 Å². The molecule has 3 aromatic rings. The van der Waals surface area contributed by atoms with Gasteiger partial charge in [-0.2, -0.15) is 0 Å². The monoisotopic (exact) mass is 487 g/mol. The first-order valence-corrected chi connectivity index (χ1v) is 11.6. The second-order valence-electron chi connectivity index (χ2n) is 9.12. The lowest BCUT2D eigenvalue weighted by Gasteiger charge is -2.30. The molecule has 1 saturated heterocycles. The van der Waals surface area contributed by atoms with Gasteiger partial charge in [0.05, 0.1) is 30.4 Å². The molecule has 0 N–H and O–H groups in total. The maximum absolute atomic E-state index is 14.4. The fourth-order valence-electron chi connectivity index (χ4n) is 5.02. The molecule has 34 heavy (non-hydrogen) atoms. The number of aryl methyl sites for hydroxylation is 1. The van der Waals surface area contributed by atoms with Crippen LogP contribution in [0.4, 0.5) is 10.1 Å². The Kier molecular flexibility index (Phi) is 7.05. The summed E-state index contributed by atoms with van der Waals surface area (Å²) in [5.74, 6) is 1.63. The molecule has 3 heterocycles. The van der Waals surface area contributed by atoms with E-state index in [1.165, 1.54) is 18.9 Å². The molecule has 0 atom stereocenters. The molecule has 0 radical (unpaired) electrons. The topological polar surface area (TPSA) is 46.9 Å². The number of nitrogens with zero attached hydrogens (tertiary/aromatic N) is 3. The van der Waals surface area contributed by atoms with Gasteiger partial charge in [0.25, 0.3) is 5.91 Å². The van der Waals surface area contributed by atoms with E-state index in [0.717, 1.165) is 36.9 Å². The van der Waals surface area contributed by atoms with E-state index in [4.69, 9.17) is 9.47 Å².